The summed E-state index contributed by atoms with van der Waals surface area (Å²) in [6, 6.07) is 5.06. The van der Waals surface area contributed by atoms with Gasteiger partial charge in [0, 0.05) is 12.4 Å². The fourth-order valence-electron chi connectivity index (χ4n) is 3.41. The van der Waals surface area contributed by atoms with E-state index in [1.807, 2.05) is 0 Å². The first-order valence-corrected chi connectivity index (χ1v) is 12.3. The number of nitrogens with zero attached hydrogens (tertiary/aromatic N) is 7. The Balaban J connectivity index is 1.79. The van der Waals surface area contributed by atoms with E-state index in [-0.39, 0.29) is 23.3 Å². The van der Waals surface area contributed by atoms with E-state index >= 15 is 0 Å². The molecule has 194 valence electrons. The van der Waals surface area contributed by atoms with Crippen LogP contribution in [0.1, 0.15) is 18.7 Å². The van der Waals surface area contributed by atoms with Gasteiger partial charge in [-0.3, -0.25) is 19.3 Å². The van der Waals surface area contributed by atoms with Gasteiger partial charge in [-0.25, -0.2) is 18.4 Å². The van der Waals surface area contributed by atoms with Crippen LogP contribution in [0.4, 0.5) is 5.95 Å². The zero-order valence-electron chi connectivity index (χ0n) is 20.3. The lowest BCUT2D eigenvalue weighted by atomic mass is 10.2. The number of anilines is 1. The molecule has 14 nitrogen and oxygen atoms in total. The second-order valence-electron chi connectivity index (χ2n) is 7.57. The minimum absolute atomic E-state index is 0.0480. The summed E-state index contributed by atoms with van der Waals surface area (Å²) in [5, 5.41) is 17.6. The molecule has 0 fully saturated rings. The topological polar surface area (TPSA) is 176 Å². The third-order valence-electron chi connectivity index (χ3n) is 5.41. The SMILES string of the molecule is COc1cnc([C@@H](O)[C@H](C)S(=O)(=O)Nc2nnc(-c3cnccn3)n2-c2c(OC)cccc2OC)cn1. The monoisotopic (exact) mass is 528 g/mol. The Bertz CT molecular complexity index is 1440. The number of rotatable bonds is 10. The van der Waals surface area contributed by atoms with Gasteiger partial charge in [0.25, 0.3) is 0 Å². The van der Waals surface area contributed by atoms with Crippen molar-refractivity contribution in [2.45, 2.75) is 18.3 Å². The van der Waals surface area contributed by atoms with Crippen LogP contribution in [0, 0.1) is 0 Å². The highest BCUT2D eigenvalue weighted by atomic mass is 32.2. The lowest BCUT2D eigenvalue weighted by Crippen LogP contribution is -2.32. The van der Waals surface area contributed by atoms with Gasteiger partial charge >= 0.3 is 0 Å². The molecule has 0 bridgehead atoms. The number of sulfonamides is 1. The van der Waals surface area contributed by atoms with Crippen molar-refractivity contribution in [3.05, 3.63) is 54.9 Å². The first kappa shape index (κ1) is 25.7. The molecule has 0 spiro atoms. The number of hydrogen-bond acceptors (Lipinski definition) is 12. The van der Waals surface area contributed by atoms with Crippen molar-refractivity contribution in [3.63, 3.8) is 0 Å². The minimum Gasteiger partial charge on any atom is -0.494 e. The fourth-order valence-corrected chi connectivity index (χ4v) is 4.46. The van der Waals surface area contributed by atoms with Gasteiger partial charge in [-0.15, -0.1) is 10.2 Å². The molecular weight excluding hydrogens is 504 g/mol. The van der Waals surface area contributed by atoms with Crippen LogP contribution in [-0.4, -0.2) is 74.8 Å². The number of para-hydroxylation sites is 1. The third kappa shape index (κ3) is 5.12. The highest BCUT2D eigenvalue weighted by Crippen LogP contribution is 2.37. The Labute approximate surface area is 212 Å². The third-order valence-corrected chi connectivity index (χ3v) is 7.11. The summed E-state index contributed by atoms with van der Waals surface area (Å²) in [4.78, 5) is 16.3. The Morgan fingerprint density at radius 3 is 2.24 bits per heavy atom. The molecule has 0 saturated heterocycles. The van der Waals surface area contributed by atoms with Gasteiger partial charge in [-0.05, 0) is 19.1 Å². The lowest BCUT2D eigenvalue weighted by Gasteiger charge is -2.21. The highest BCUT2D eigenvalue weighted by Gasteiger charge is 2.33. The van der Waals surface area contributed by atoms with Gasteiger partial charge in [0.1, 0.15) is 34.2 Å². The van der Waals surface area contributed by atoms with Crippen LogP contribution < -0.4 is 18.9 Å². The van der Waals surface area contributed by atoms with Gasteiger partial charge in [-0.1, -0.05) is 6.07 Å². The van der Waals surface area contributed by atoms with E-state index in [4.69, 9.17) is 14.2 Å². The van der Waals surface area contributed by atoms with Crippen molar-refractivity contribution in [2.24, 2.45) is 0 Å². The Kier molecular flexibility index (Phi) is 7.45. The number of aliphatic hydroxyl groups excluding tert-OH is 1. The number of ether oxygens (including phenoxy) is 3. The molecule has 0 aliphatic carbocycles. The van der Waals surface area contributed by atoms with Crippen molar-refractivity contribution in [2.75, 3.05) is 26.1 Å². The zero-order chi connectivity index (χ0) is 26.6. The number of aliphatic hydroxyl groups is 1. The molecular formula is C22H24N8O6S. The zero-order valence-corrected chi connectivity index (χ0v) is 21.1. The van der Waals surface area contributed by atoms with Crippen molar-refractivity contribution < 1.29 is 27.7 Å². The van der Waals surface area contributed by atoms with E-state index in [0.717, 1.165) is 0 Å². The molecule has 3 aromatic heterocycles. The van der Waals surface area contributed by atoms with Crippen LogP contribution in [0.15, 0.2) is 49.2 Å². The predicted molar refractivity (Wildman–Crippen MR) is 131 cm³/mol. The van der Waals surface area contributed by atoms with E-state index in [0.29, 0.717) is 22.9 Å². The van der Waals surface area contributed by atoms with Gasteiger partial charge in [0.15, 0.2) is 5.82 Å². The fraction of sp³-hybridized carbons (Fsp3) is 0.273. The van der Waals surface area contributed by atoms with E-state index < -0.39 is 21.4 Å². The van der Waals surface area contributed by atoms with Gasteiger partial charge < -0.3 is 19.3 Å². The van der Waals surface area contributed by atoms with E-state index in [9.17, 15) is 13.5 Å². The van der Waals surface area contributed by atoms with Crippen LogP contribution in [-0.2, 0) is 10.0 Å². The largest absolute Gasteiger partial charge is 0.494 e. The number of hydrogen-bond donors (Lipinski definition) is 2. The maximum Gasteiger partial charge on any atom is 0.243 e. The molecule has 37 heavy (non-hydrogen) atoms. The molecule has 1 aromatic carbocycles. The standard InChI is InChI=1S/C22H24N8O6S/c1-13(20(31)14-11-26-18(36-4)12-25-14)37(32,33)29-22-28-27-21(15-10-23-8-9-24-15)30(22)19-16(34-2)6-5-7-17(19)35-3/h5-13,20,31H,1-4H3,(H,28,29)/t13-,20-/m0/s1. The summed E-state index contributed by atoms with van der Waals surface area (Å²) in [6.07, 6.45) is 5.42. The molecule has 0 saturated carbocycles. The molecule has 0 unspecified atom stereocenters. The second-order valence-corrected chi connectivity index (χ2v) is 9.60. The van der Waals surface area contributed by atoms with Crippen LogP contribution in [0.2, 0.25) is 0 Å². The normalized spacial score (nSPS) is 13.0. The highest BCUT2D eigenvalue weighted by molar-refractivity contribution is 7.93. The maximum atomic E-state index is 13.4. The summed E-state index contributed by atoms with van der Waals surface area (Å²) < 4.78 is 46.5. The van der Waals surface area contributed by atoms with Crippen LogP contribution in [0.5, 0.6) is 17.4 Å². The molecule has 4 aromatic rings. The van der Waals surface area contributed by atoms with Crippen LogP contribution >= 0.6 is 0 Å². The summed E-state index contributed by atoms with van der Waals surface area (Å²) in [7, 11) is 0.0832. The smallest absolute Gasteiger partial charge is 0.243 e. The predicted octanol–water partition coefficient (Wildman–Crippen LogP) is 1.40. The molecule has 0 radical (unpaired) electrons. The van der Waals surface area contributed by atoms with Gasteiger partial charge in [-0.2, -0.15) is 0 Å². The van der Waals surface area contributed by atoms with E-state index in [2.05, 4.69) is 34.9 Å². The average molecular weight is 529 g/mol. The molecule has 2 atom stereocenters. The molecule has 15 heteroatoms. The van der Waals surface area contributed by atoms with Crippen molar-refractivity contribution in [1.82, 2.24) is 34.7 Å². The summed E-state index contributed by atoms with van der Waals surface area (Å²) >= 11 is 0. The van der Waals surface area contributed by atoms with E-state index in [1.54, 1.807) is 18.2 Å². The first-order chi connectivity index (χ1) is 17.8. The quantitative estimate of drug-likeness (QED) is 0.303. The van der Waals surface area contributed by atoms with E-state index in [1.165, 1.54) is 63.8 Å². The maximum absolute atomic E-state index is 13.4. The number of nitrogens with one attached hydrogen (secondary N) is 1. The summed E-state index contributed by atoms with van der Waals surface area (Å²) in [6.45, 7) is 1.33. The molecule has 2 N–H and O–H groups in total. The molecule has 4 rings (SSSR count). The molecule has 0 aliphatic rings. The molecule has 0 amide bonds. The number of aromatic nitrogens is 7. The van der Waals surface area contributed by atoms with Gasteiger partial charge in [0.2, 0.25) is 21.9 Å². The Morgan fingerprint density at radius 2 is 1.68 bits per heavy atom. The van der Waals surface area contributed by atoms with Crippen molar-refractivity contribution >= 4 is 16.0 Å². The number of benzene rings is 1. The Hall–Kier alpha value is -4.37. The van der Waals surface area contributed by atoms with Gasteiger partial charge in [0.05, 0.1) is 45.6 Å². The Morgan fingerprint density at radius 1 is 0.946 bits per heavy atom. The summed E-state index contributed by atoms with van der Waals surface area (Å²) in [5.41, 5.74) is 0.687. The summed E-state index contributed by atoms with van der Waals surface area (Å²) in [5.74, 6) is 0.906. The average Bonchev–Trinajstić information content (AvgIpc) is 3.34. The molecule has 3 heterocycles. The van der Waals surface area contributed by atoms with Crippen molar-refractivity contribution in [3.8, 4) is 34.6 Å². The first-order valence-electron chi connectivity index (χ1n) is 10.8. The second kappa shape index (κ2) is 10.7. The lowest BCUT2D eigenvalue weighted by molar-refractivity contribution is 0.170. The minimum atomic E-state index is -4.25. The van der Waals surface area contributed by atoms with Crippen LogP contribution in [0.25, 0.3) is 17.2 Å². The number of methoxy groups -OCH3 is 3. The van der Waals surface area contributed by atoms with Crippen LogP contribution in [0.3, 0.4) is 0 Å². The molecule has 0 aliphatic heterocycles. The van der Waals surface area contributed by atoms with Crippen molar-refractivity contribution in [1.29, 1.82) is 0 Å².